The highest BCUT2D eigenvalue weighted by molar-refractivity contribution is 5.42. The third kappa shape index (κ3) is 4.39. The van der Waals surface area contributed by atoms with Gasteiger partial charge in [0.2, 0.25) is 0 Å². The molecule has 2 aromatic rings. The molecule has 0 aliphatic heterocycles. The van der Waals surface area contributed by atoms with Crippen LogP contribution in [0.25, 0.3) is 0 Å². The Morgan fingerprint density at radius 2 is 1.79 bits per heavy atom. The van der Waals surface area contributed by atoms with E-state index in [9.17, 15) is 0 Å². The van der Waals surface area contributed by atoms with Crippen LogP contribution >= 0.6 is 0 Å². The van der Waals surface area contributed by atoms with E-state index in [4.69, 9.17) is 4.74 Å². The Labute approximate surface area is 116 Å². The molecule has 0 radical (unpaired) electrons. The lowest BCUT2D eigenvalue weighted by Crippen LogP contribution is -1.96. The summed E-state index contributed by atoms with van der Waals surface area (Å²) in [5, 5.41) is 3.07. The van der Waals surface area contributed by atoms with E-state index in [1.54, 1.807) is 0 Å². The summed E-state index contributed by atoms with van der Waals surface area (Å²) < 4.78 is 9.39. The Kier molecular flexibility index (Phi) is 5.55. The molecule has 106 valence electrons. The van der Waals surface area contributed by atoms with Gasteiger partial charge in [0, 0.05) is 45.3 Å². The van der Waals surface area contributed by atoms with Gasteiger partial charge in [0.05, 0.1) is 12.3 Å². The summed E-state index contributed by atoms with van der Waals surface area (Å²) >= 11 is 0. The van der Waals surface area contributed by atoms with Gasteiger partial charge in [-0.3, -0.25) is 0 Å². The van der Waals surface area contributed by atoms with Crippen LogP contribution in [0.3, 0.4) is 0 Å². The molecule has 4 heteroatoms. The number of nitrogens with zero attached hydrogens (tertiary/aromatic N) is 2. The average molecular weight is 263 g/mol. The second kappa shape index (κ2) is 6.92. The Bertz CT molecular complexity index is 492. The molecule has 2 rings (SSSR count). The minimum atomic E-state index is 0.733. The van der Waals surface area contributed by atoms with Crippen molar-refractivity contribution in [2.24, 2.45) is 14.1 Å². The largest absolute Gasteiger partial charge is 0.479 e. The first-order chi connectivity index (χ1) is 8.97. The fourth-order valence-corrected chi connectivity index (χ4v) is 1.81. The van der Waals surface area contributed by atoms with Gasteiger partial charge < -0.3 is 19.2 Å². The number of hydrogen-bond acceptors (Lipinski definition) is 2. The van der Waals surface area contributed by atoms with Crippen molar-refractivity contribution < 1.29 is 4.74 Å². The molecular weight excluding hydrogens is 238 g/mol. The van der Waals surface area contributed by atoms with E-state index in [-0.39, 0.29) is 0 Å². The maximum Gasteiger partial charge on any atom is 0.193 e. The van der Waals surface area contributed by atoms with Crippen molar-refractivity contribution in [1.82, 2.24) is 9.13 Å². The third-order valence-electron chi connectivity index (χ3n) is 2.93. The topological polar surface area (TPSA) is 31.1 Å². The normalized spacial score (nSPS) is 9.79. The number of nitrogens with one attached hydrogen (secondary N) is 1. The fraction of sp³-hybridized carbons (Fsp3) is 0.467. The maximum absolute atomic E-state index is 5.32. The number of anilines is 1. The number of hydrogen-bond donors (Lipinski definition) is 1. The second-order valence-corrected chi connectivity index (χ2v) is 4.63. The molecule has 0 unspecified atom stereocenters. The van der Waals surface area contributed by atoms with Gasteiger partial charge in [-0.2, -0.15) is 0 Å². The molecule has 0 aromatic carbocycles. The molecule has 0 aliphatic carbocycles. The third-order valence-corrected chi connectivity index (χ3v) is 2.93. The first kappa shape index (κ1) is 15.2. The second-order valence-electron chi connectivity index (χ2n) is 4.63. The van der Waals surface area contributed by atoms with Gasteiger partial charge in [-0.25, -0.2) is 0 Å². The molecule has 0 bridgehead atoms. The van der Waals surface area contributed by atoms with Crippen LogP contribution in [-0.4, -0.2) is 22.8 Å². The summed E-state index contributed by atoms with van der Waals surface area (Å²) in [6, 6.07) is 4.14. The number of aryl methyl sites for hydroxylation is 4. The summed E-state index contributed by atoms with van der Waals surface area (Å²) in [5.74, 6) is 0.944. The Balaban J connectivity index is 0.000000191. The van der Waals surface area contributed by atoms with E-state index < -0.39 is 0 Å². The highest BCUT2D eigenvalue weighted by atomic mass is 16.5. The minimum Gasteiger partial charge on any atom is -0.479 e. The summed E-state index contributed by atoms with van der Waals surface area (Å²) in [6.07, 6.45) is 4.11. The van der Waals surface area contributed by atoms with E-state index >= 15 is 0 Å². The van der Waals surface area contributed by atoms with E-state index in [0.29, 0.717) is 0 Å². The molecule has 4 nitrogen and oxygen atoms in total. The summed E-state index contributed by atoms with van der Waals surface area (Å²) in [6.45, 7) is 6.86. The van der Waals surface area contributed by atoms with Crippen LogP contribution in [0.5, 0.6) is 5.88 Å². The van der Waals surface area contributed by atoms with Gasteiger partial charge in [-0.05, 0) is 32.4 Å². The maximum atomic E-state index is 5.32. The van der Waals surface area contributed by atoms with Crippen LogP contribution < -0.4 is 10.1 Å². The monoisotopic (exact) mass is 263 g/mol. The number of ether oxygens (including phenoxy) is 1. The summed E-state index contributed by atoms with van der Waals surface area (Å²) in [7, 11) is 5.95. The van der Waals surface area contributed by atoms with Crippen molar-refractivity contribution >= 4 is 5.69 Å². The van der Waals surface area contributed by atoms with Gasteiger partial charge in [0.1, 0.15) is 0 Å². The first-order valence-electron chi connectivity index (χ1n) is 6.54. The predicted octanol–water partition coefficient (Wildman–Crippen LogP) is 3.11. The van der Waals surface area contributed by atoms with Crippen molar-refractivity contribution in [3.05, 3.63) is 35.8 Å². The van der Waals surface area contributed by atoms with Crippen LogP contribution in [0.1, 0.15) is 18.2 Å². The van der Waals surface area contributed by atoms with E-state index in [2.05, 4.69) is 36.0 Å². The Morgan fingerprint density at radius 1 is 1.11 bits per heavy atom. The van der Waals surface area contributed by atoms with Crippen molar-refractivity contribution in [1.29, 1.82) is 0 Å². The first-order valence-corrected chi connectivity index (χ1v) is 6.54. The zero-order valence-electron chi connectivity index (χ0n) is 12.8. The lowest BCUT2D eigenvalue weighted by Gasteiger charge is -2.01. The molecule has 0 spiro atoms. The highest BCUT2D eigenvalue weighted by Gasteiger charge is 1.97. The van der Waals surface area contributed by atoms with Gasteiger partial charge in [0.15, 0.2) is 5.88 Å². The Hall–Kier alpha value is -1.84. The van der Waals surface area contributed by atoms with Crippen LogP contribution in [-0.2, 0) is 14.1 Å². The molecule has 2 heterocycles. The van der Waals surface area contributed by atoms with Crippen molar-refractivity contribution in [3.8, 4) is 5.88 Å². The molecule has 1 N–H and O–H groups in total. The Morgan fingerprint density at radius 3 is 2.11 bits per heavy atom. The fourth-order valence-electron chi connectivity index (χ4n) is 1.81. The quantitative estimate of drug-likeness (QED) is 0.922. The van der Waals surface area contributed by atoms with Gasteiger partial charge in [-0.15, -0.1) is 0 Å². The van der Waals surface area contributed by atoms with Gasteiger partial charge in [0.25, 0.3) is 0 Å². The lowest BCUT2D eigenvalue weighted by atomic mass is 10.4. The van der Waals surface area contributed by atoms with E-state index in [0.717, 1.165) is 12.5 Å². The molecule has 19 heavy (non-hydrogen) atoms. The van der Waals surface area contributed by atoms with E-state index in [1.807, 2.05) is 44.9 Å². The zero-order valence-corrected chi connectivity index (χ0v) is 12.8. The lowest BCUT2D eigenvalue weighted by molar-refractivity contribution is 0.315. The smallest absolute Gasteiger partial charge is 0.193 e. The molecule has 2 aromatic heterocycles. The summed E-state index contributed by atoms with van der Waals surface area (Å²) in [5.41, 5.74) is 3.69. The standard InChI is InChI=1S/C8H13NO.C7H12N2/c1-4-10-8-5-7(2)6-9(8)3;1-6-4-7(8-2)5-9(6)3/h5-6H,4H2,1-3H3;4-5,8H,1-3H3. The molecule has 0 saturated carbocycles. The van der Waals surface area contributed by atoms with E-state index in [1.165, 1.54) is 16.9 Å². The van der Waals surface area contributed by atoms with Crippen LogP contribution in [0, 0.1) is 13.8 Å². The van der Waals surface area contributed by atoms with Crippen molar-refractivity contribution in [3.63, 3.8) is 0 Å². The van der Waals surface area contributed by atoms with Gasteiger partial charge in [-0.1, -0.05) is 0 Å². The van der Waals surface area contributed by atoms with Gasteiger partial charge >= 0.3 is 0 Å². The van der Waals surface area contributed by atoms with Crippen LogP contribution in [0.2, 0.25) is 0 Å². The predicted molar refractivity (Wildman–Crippen MR) is 81.0 cm³/mol. The van der Waals surface area contributed by atoms with Crippen LogP contribution in [0.4, 0.5) is 5.69 Å². The summed E-state index contributed by atoms with van der Waals surface area (Å²) in [4.78, 5) is 0. The number of rotatable bonds is 3. The molecule has 0 amide bonds. The molecule has 0 saturated heterocycles. The molecule has 0 atom stereocenters. The van der Waals surface area contributed by atoms with Crippen molar-refractivity contribution in [2.75, 3.05) is 19.0 Å². The highest BCUT2D eigenvalue weighted by Crippen LogP contribution is 2.13. The average Bonchev–Trinajstić information content (AvgIpc) is 2.84. The SMILES string of the molecule is CCOc1cc(C)cn1C.CNc1cc(C)n(C)c1. The number of aromatic nitrogens is 2. The molecular formula is C15H25N3O. The zero-order chi connectivity index (χ0) is 14.4. The molecule has 0 fully saturated rings. The molecule has 0 aliphatic rings. The van der Waals surface area contributed by atoms with Crippen molar-refractivity contribution in [2.45, 2.75) is 20.8 Å². The van der Waals surface area contributed by atoms with Crippen LogP contribution in [0.15, 0.2) is 24.5 Å². The minimum absolute atomic E-state index is 0.733.